The van der Waals surface area contributed by atoms with Crippen molar-refractivity contribution in [3.8, 4) is 0 Å². The van der Waals surface area contributed by atoms with Gasteiger partial charge in [-0.25, -0.2) is 15.8 Å². The average Bonchev–Trinajstić information content (AvgIpc) is 3.23. The van der Waals surface area contributed by atoms with E-state index < -0.39 is 0 Å². The molecule has 118 valence electrons. The summed E-state index contributed by atoms with van der Waals surface area (Å²) in [6, 6.07) is 0.339. The van der Waals surface area contributed by atoms with E-state index >= 15 is 0 Å². The molecule has 6 heteroatoms. The van der Waals surface area contributed by atoms with Crippen LogP contribution in [-0.2, 0) is 0 Å². The van der Waals surface area contributed by atoms with E-state index in [1.54, 1.807) is 0 Å². The monoisotopic (exact) mass is 292 g/mol. The Labute approximate surface area is 127 Å². The fourth-order valence-corrected chi connectivity index (χ4v) is 2.33. The molecule has 1 aromatic rings. The molecular weight excluding hydrogens is 264 g/mol. The van der Waals surface area contributed by atoms with Gasteiger partial charge in [0.1, 0.15) is 17.5 Å². The normalized spacial score (nSPS) is 16.4. The molecule has 1 saturated carbocycles. The zero-order valence-corrected chi connectivity index (χ0v) is 13.8. The van der Waals surface area contributed by atoms with Gasteiger partial charge in [-0.05, 0) is 39.8 Å². The van der Waals surface area contributed by atoms with Gasteiger partial charge in [0, 0.05) is 24.1 Å². The standard InChI is InChI=1S/C15H28N6/c1-9(2)12(8-21(4)5)17-13-10(3)14(20-16)19-15(18-13)11-6-7-11/h9,11-12H,6-8,16H2,1-5H3,(H2,17,18,19,20). The van der Waals surface area contributed by atoms with Gasteiger partial charge in [-0.1, -0.05) is 13.8 Å². The molecule has 2 rings (SSSR count). The third kappa shape index (κ3) is 4.04. The third-order valence-corrected chi connectivity index (χ3v) is 3.93. The SMILES string of the molecule is Cc1c(NN)nc(C2CC2)nc1NC(CN(C)C)C(C)C. The number of rotatable bonds is 7. The summed E-state index contributed by atoms with van der Waals surface area (Å²) in [7, 11) is 4.18. The highest BCUT2D eigenvalue weighted by atomic mass is 15.3. The summed E-state index contributed by atoms with van der Waals surface area (Å²) in [5, 5.41) is 3.59. The van der Waals surface area contributed by atoms with Crippen LogP contribution in [0.4, 0.5) is 11.6 Å². The quantitative estimate of drug-likeness (QED) is 0.526. The maximum absolute atomic E-state index is 5.60. The van der Waals surface area contributed by atoms with Gasteiger partial charge in [-0.15, -0.1) is 0 Å². The summed E-state index contributed by atoms with van der Waals surface area (Å²) in [6.45, 7) is 7.41. The van der Waals surface area contributed by atoms with Gasteiger partial charge >= 0.3 is 0 Å². The second-order valence-electron chi connectivity index (χ2n) is 6.58. The number of aromatic nitrogens is 2. The summed E-state index contributed by atoms with van der Waals surface area (Å²) in [6.07, 6.45) is 2.36. The van der Waals surface area contributed by atoms with E-state index in [-0.39, 0.29) is 0 Å². The molecule has 0 saturated heterocycles. The molecule has 4 N–H and O–H groups in total. The lowest BCUT2D eigenvalue weighted by molar-refractivity contribution is 0.344. The number of hydrogen-bond donors (Lipinski definition) is 3. The van der Waals surface area contributed by atoms with Crippen molar-refractivity contribution in [1.29, 1.82) is 0 Å². The number of hydrogen-bond acceptors (Lipinski definition) is 6. The number of nitrogens with two attached hydrogens (primary N) is 1. The molecule has 0 aliphatic heterocycles. The molecule has 0 spiro atoms. The van der Waals surface area contributed by atoms with Gasteiger partial charge in [-0.3, -0.25) is 0 Å². The minimum absolute atomic E-state index is 0.339. The van der Waals surface area contributed by atoms with Crippen LogP contribution in [0, 0.1) is 12.8 Å². The number of nitrogens with zero attached hydrogens (tertiary/aromatic N) is 3. The van der Waals surface area contributed by atoms with Crippen LogP contribution < -0.4 is 16.6 Å². The van der Waals surface area contributed by atoms with Gasteiger partial charge < -0.3 is 15.6 Å². The maximum Gasteiger partial charge on any atom is 0.148 e. The van der Waals surface area contributed by atoms with Crippen LogP contribution in [0.2, 0.25) is 0 Å². The van der Waals surface area contributed by atoms with Crippen molar-refractivity contribution in [2.45, 2.75) is 45.6 Å². The molecule has 1 fully saturated rings. The van der Waals surface area contributed by atoms with Gasteiger partial charge in [0.25, 0.3) is 0 Å². The van der Waals surface area contributed by atoms with Crippen molar-refractivity contribution in [2.24, 2.45) is 11.8 Å². The van der Waals surface area contributed by atoms with E-state index in [1.165, 1.54) is 12.8 Å². The van der Waals surface area contributed by atoms with Crippen LogP contribution in [-0.4, -0.2) is 41.5 Å². The predicted octanol–water partition coefficient (Wildman–Crippen LogP) is 1.95. The molecule has 1 aromatic heterocycles. The molecule has 0 amide bonds. The van der Waals surface area contributed by atoms with Crippen molar-refractivity contribution in [2.75, 3.05) is 31.4 Å². The Morgan fingerprint density at radius 3 is 2.33 bits per heavy atom. The smallest absolute Gasteiger partial charge is 0.148 e. The van der Waals surface area contributed by atoms with E-state index in [0.29, 0.717) is 17.9 Å². The van der Waals surface area contributed by atoms with Gasteiger partial charge in [0.2, 0.25) is 0 Å². The van der Waals surface area contributed by atoms with E-state index in [4.69, 9.17) is 10.8 Å². The highest BCUT2D eigenvalue weighted by Gasteiger charge is 2.28. The summed E-state index contributed by atoms with van der Waals surface area (Å²) in [5.74, 6) is 9.16. The molecule has 1 aliphatic rings. The topological polar surface area (TPSA) is 79.1 Å². The molecule has 21 heavy (non-hydrogen) atoms. The summed E-state index contributed by atoms with van der Waals surface area (Å²) >= 11 is 0. The lowest BCUT2D eigenvalue weighted by Crippen LogP contribution is -2.37. The Morgan fingerprint density at radius 1 is 1.24 bits per heavy atom. The predicted molar refractivity (Wildman–Crippen MR) is 87.4 cm³/mol. The van der Waals surface area contributed by atoms with Crippen LogP contribution in [0.5, 0.6) is 0 Å². The Kier molecular flexibility index (Phi) is 5.00. The Balaban J connectivity index is 2.26. The van der Waals surface area contributed by atoms with Crippen LogP contribution >= 0.6 is 0 Å². The van der Waals surface area contributed by atoms with Crippen molar-refractivity contribution >= 4 is 11.6 Å². The number of anilines is 2. The highest BCUT2D eigenvalue weighted by Crippen LogP contribution is 2.39. The largest absolute Gasteiger partial charge is 0.365 e. The fourth-order valence-electron chi connectivity index (χ4n) is 2.33. The molecule has 0 radical (unpaired) electrons. The number of nitrogen functional groups attached to an aromatic ring is 1. The first kappa shape index (κ1) is 16.0. The second-order valence-corrected chi connectivity index (χ2v) is 6.58. The van der Waals surface area contributed by atoms with Gasteiger partial charge in [0.15, 0.2) is 0 Å². The Bertz CT molecular complexity index is 481. The van der Waals surface area contributed by atoms with Gasteiger partial charge in [-0.2, -0.15) is 0 Å². The van der Waals surface area contributed by atoms with E-state index in [9.17, 15) is 0 Å². The Morgan fingerprint density at radius 2 is 1.86 bits per heavy atom. The molecule has 0 aromatic carbocycles. The summed E-state index contributed by atoms with van der Waals surface area (Å²) in [5.41, 5.74) is 3.68. The zero-order valence-electron chi connectivity index (χ0n) is 13.8. The molecule has 1 heterocycles. The molecule has 1 aliphatic carbocycles. The van der Waals surface area contributed by atoms with Crippen molar-refractivity contribution < 1.29 is 0 Å². The van der Waals surface area contributed by atoms with Crippen molar-refractivity contribution in [1.82, 2.24) is 14.9 Å². The zero-order chi connectivity index (χ0) is 15.6. The summed E-state index contributed by atoms with van der Waals surface area (Å²) < 4.78 is 0. The lowest BCUT2D eigenvalue weighted by Gasteiger charge is -2.27. The lowest BCUT2D eigenvalue weighted by atomic mass is 10.0. The van der Waals surface area contributed by atoms with E-state index in [2.05, 4.69) is 48.6 Å². The minimum atomic E-state index is 0.339. The molecule has 6 nitrogen and oxygen atoms in total. The first-order valence-electron chi connectivity index (χ1n) is 7.68. The minimum Gasteiger partial charge on any atom is -0.365 e. The molecule has 1 unspecified atom stereocenters. The van der Waals surface area contributed by atoms with E-state index in [1.807, 2.05) is 6.92 Å². The first-order chi connectivity index (χ1) is 9.92. The third-order valence-electron chi connectivity index (χ3n) is 3.93. The van der Waals surface area contributed by atoms with Crippen LogP contribution in [0.25, 0.3) is 0 Å². The molecular formula is C15H28N6. The Hall–Kier alpha value is -1.40. The molecule has 1 atom stereocenters. The molecule has 0 bridgehead atoms. The maximum atomic E-state index is 5.60. The van der Waals surface area contributed by atoms with Crippen molar-refractivity contribution in [3.63, 3.8) is 0 Å². The average molecular weight is 292 g/mol. The van der Waals surface area contributed by atoms with Crippen LogP contribution in [0.1, 0.15) is 44.0 Å². The first-order valence-corrected chi connectivity index (χ1v) is 7.68. The fraction of sp³-hybridized carbons (Fsp3) is 0.733. The van der Waals surface area contributed by atoms with Gasteiger partial charge in [0.05, 0.1) is 0 Å². The van der Waals surface area contributed by atoms with Crippen LogP contribution in [0.15, 0.2) is 0 Å². The van der Waals surface area contributed by atoms with Crippen molar-refractivity contribution in [3.05, 3.63) is 11.4 Å². The second kappa shape index (κ2) is 6.58. The number of likely N-dealkylation sites (N-methyl/N-ethyl adjacent to an activating group) is 1. The number of hydrazine groups is 1. The number of nitrogens with one attached hydrogen (secondary N) is 2. The summed E-state index contributed by atoms with van der Waals surface area (Å²) in [4.78, 5) is 11.5. The van der Waals surface area contributed by atoms with E-state index in [0.717, 1.165) is 29.6 Å². The highest BCUT2D eigenvalue weighted by molar-refractivity contribution is 5.57. The van der Waals surface area contributed by atoms with Crippen LogP contribution in [0.3, 0.4) is 0 Å².